The monoisotopic (exact) mass is 265 g/mol. The molecule has 1 heterocycles. The summed E-state index contributed by atoms with van der Waals surface area (Å²) in [5, 5.41) is 0. The van der Waals surface area contributed by atoms with Crippen LogP contribution in [0.3, 0.4) is 0 Å². The minimum atomic E-state index is 0.0688. The van der Waals surface area contributed by atoms with Crippen LogP contribution in [0.15, 0.2) is 0 Å². The van der Waals surface area contributed by atoms with Crippen LogP contribution in [0.1, 0.15) is 59.3 Å². The number of likely N-dealkylation sites (tertiary alicyclic amines) is 1. The maximum absolute atomic E-state index is 12.6. The van der Waals surface area contributed by atoms with Crippen LogP contribution in [-0.2, 0) is 9.59 Å². The van der Waals surface area contributed by atoms with Crippen molar-refractivity contribution in [3.8, 4) is 0 Å². The largest absolute Gasteiger partial charge is 0.339 e. The second-order valence-electron chi connectivity index (χ2n) is 6.59. The van der Waals surface area contributed by atoms with Crippen LogP contribution in [0.25, 0.3) is 0 Å². The number of nitrogens with zero attached hydrogens (tertiary/aromatic N) is 1. The highest BCUT2D eigenvalue weighted by Gasteiger charge is 2.40. The molecule has 0 N–H and O–H groups in total. The van der Waals surface area contributed by atoms with Gasteiger partial charge in [-0.15, -0.1) is 0 Å². The topological polar surface area (TPSA) is 37.4 Å². The van der Waals surface area contributed by atoms with Crippen LogP contribution < -0.4 is 0 Å². The van der Waals surface area contributed by atoms with E-state index < -0.39 is 0 Å². The van der Waals surface area contributed by atoms with Gasteiger partial charge in [-0.05, 0) is 31.6 Å². The molecule has 0 spiro atoms. The minimum absolute atomic E-state index is 0.0688. The summed E-state index contributed by atoms with van der Waals surface area (Å²) in [7, 11) is 0. The van der Waals surface area contributed by atoms with Crippen molar-refractivity contribution < 1.29 is 9.59 Å². The lowest BCUT2D eigenvalue weighted by Crippen LogP contribution is -2.46. The second-order valence-corrected chi connectivity index (χ2v) is 6.59. The lowest BCUT2D eigenvalue weighted by molar-refractivity contribution is -0.140. The number of ketones is 1. The van der Waals surface area contributed by atoms with Crippen molar-refractivity contribution in [3.05, 3.63) is 0 Å². The zero-order chi connectivity index (χ0) is 14.0. The van der Waals surface area contributed by atoms with Gasteiger partial charge in [0.25, 0.3) is 0 Å². The molecule has 3 nitrogen and oxygen atoms in total. The second kappa shape index (κ2) is 6.06. The van der Waals surface area contributed by atoms with Gasteiger partial charge >= 0.3 is 0 Å². The van der Waals surface area contributed by atoms with E-state index in [1.807, 2.05) is 11.8 Å². The van der Waals surface area contributed by atoms with Crippen LogP contribution >= 0.6 is 0 Å². The molecule has 19 heavy (non-hydrogen) atoms. The Labute approximate surface area is 116 Å². The van der Waals surface area contributed by atoms with Gasteiger partial charge in [-0.25, -0.2) is 0 Å². The molecular formula is C16H27NO2. The van der Waals surface area contributed by atoms with Gasteiger partial charge in [-0.1, -0.05) is 27.2 Å². The summed E-state index contributed by atoms with van der Waals surface area (Å²) in [4.78, 5) is 26.7. The molecule has 1 saturated carbocycles. The van der Waals surface area contributed by atoms with Gasteiger partial charge in [0.1, 0.15) is 5.78 Å². The van der Waals surface area contributed by atoms with E-state index in [1.165, 1.54) is 0 Å². The Morgan fingerprint density at radius 2 is 1.89 bits per heavy atom. The Hall–Kier alpha value is -0.860. The molecule has 0 radical (unpaired) electrons. The first-order valence-corrected chi connectivity index (χ1v) is 7.85. The number of hydrogen-bond donors (Lipinski definition) is 0. The zero-order valence-electron chi connectivity index (χ0n) is 12.5. The first-order valence-electron chi connectivity index (χ1n) is 7.85. The van der Waals surface area contributed by atoms with Crippen molar-refractivity contribution >= 4 is 11.7 Å². The fraction of sp³-hybridized carbons (Fsp3) is 0.875. The maximum atomic E-state index is 12.6. The number of carbonyl (C=O) groups excluding carboxylic acids is 2. The number of rotatable bonds is 3. The highest BCUT2D eigenvalue weighted by atomic mass is 16.2. The molecule has 1 aliphatic carbocycles. The van der Waals surface area contributed by atoms with E-state index in [1.54, 1.807) is 0 Å². The van der Waals surface area contributed by atoms with Crippen LogP contribution in [-0.4, -0.2) is 29.2 Å². The Bertz CT molecular complexity index is 351. The van der Waals surface area contributed by atoms with Crippen molar-refractivity contribution in [1.82, 2.24) is 4.90 Å². The molecule has 0 aromatic carbocycles. The van der Waals surface area contributed by atoms with Gasteiger partial charge in [0.15, 0.2) is 0 Å². The van der Waals surface area contributed by atoms with Gasteiger partial charge < -0.3 is 4.90 Å². The fourth-order valence-corrected chi connectivity index (χ4v) is 3.45. The molecule has 3 atom stereocenters. The number of amides is 1. The van der Waals surface area contributed by atoms with E-state index in [-0.39, 0.29) is 23.8 Å². The SMILES string of the molecule is CC(C)C(C)C(=O)N1CCCC1C1CCCCC1=O. The van der Waals surface area contributed by atoms with Crippen molar-refractivity contribution in [2.75, 3.05) is 6.54 Å². The van der Waals surface area contributed by atoms with Gasteiger partial charge in [0.2, 0.25) is 5.91 Å². The average Bonchev–Trinajstić information content (AvgIpc) is 2.86. The molecule has 0 aromatic heterocycles. The number of hydrogen-bond acceptors (Lipinski definition) is 2. The molecule has 3 heteroatoms. The van der Waals surface area contributed by atoms with E-state index in [2.05, 4.69) is 13.8 Å². The Balaban J connectivity index is 2.08. The average molecular weight is 265 g/mol. The molecule has 0 bridgehead atoms. The molecule has 1 aliphatic heterocycles. The third-order valence-corrected chi connectivity index (χ3v) is 5.04. The van der Waals surface area contributed by atoms with Crippen molar-refractivity contribution in [2.45, 2.75) is 65.3 Å². The van der Waals surface area contributed by atoms with E-state index in [9.17, 15) is 9.59 Å². The van der Waals surface area contributed by atoms with Gasteiger partial charge in [0.05, 0.1) is 0 Å². The maximum Gasteiger partial charge on any atom is 0.225 e. The smallest absolute Gasteiger partial charge is 0.225 e. The van der Waals surface area contributed by atoms with Crippen LogP contribution in [0.5, 0.6) is 0 Å². The molecule has 2 aliphatic rings. The summed E-state index contributed by atoms with van der Waals surface area (Å²) in [5.41, 5.74) is 0. The molecular weight excluding hydrogens is 238 g/mol. The van der Waals surface area contributed by atoms with Crippen LogP contribution in [0, 0.1) is 17.8 Å². The first kappa shape index (κ1) is 14.5. The van der Waals surface area contributed by atoms with Crippen LogP contribution in [0.4, 0.5) is 0 Å². The third kappa shape index (κ3) is 3.01. The molecule has 1 amide bonds. The quantitative estimate of drug-likeness (QED) is 0.786. The predicted molar refractivity (Wildman–Crippen MR) is 75.7 cm³/mol. The molecule has 3 unspecified atom stereocenters. The van der Waals surface area contributed by atoms with Gasteiger partial charge in [0, 0.05) is 30.8 Å². The summed E-state index contributed by atoms with van der Waals surface area (Å²) < 4.78 is 0. The summed E-state index contributed by atoms with van der Waals surface area (Å²) in [5.74, 6) is 1.22. The van der Waals surface area contributed by atoms with Crippen molar-refractivity contribution in [3.63, 3.8) is 0 Å². The Kier molecular flexibility index (Phi) is 4.64. The van der Waals surface area contributed by atoms with Crippen LogP contribution in [0.2, 0.25) is 0 Å². The van der Waals surface area contributed by atoms with E-state index in [0.717, 1.165) is 45.1 Å². The lowest BCUT2D eigenvalue weighted by atomic mass is 9.81. The predicted octanol–water partition coefficient (Wildman–Crippen LogP) is 3.03. The number of carbonyl (C=O) groups is 2. The summed E-state index contributed by atoms with van der Waals surface area (Å²) in [6, 6.07) is 0.196. The summed E-state index contributed by atoms with van der Waals surface area (Å²) >= 11 is 0. The van der Waals surface area contributed by atoms with Gasteiger partial charge in [-0.2, -0.15) is 0 Å². The highest BCUT2D eigenvalue weighted by molar-refractivity contribution is 5.84. The molecule has 0 aromatic rings. The van der Waals surface area contributed by atoms with Crippen molar-refractivity contribution in [2.24, 2.45) is 17.8 Å². The fourth-order valence-electron chi connectivity index (χ4n) is 3.45. The van der Waals surface area contributed by atoms with Crippen molar-refractivity contribution in [1.29, 1.82) is 0 Å². The normalized spacial score (nSPS) is 29.9. The van der Waals surface area contributed by atoms with E-state index >= 15 is 0 Å². The Morgan fingerprint density at radius 3 is 2.53 bits per heavy atom. The zero-order valence-corrected chi connectivity index (χ0v) is 12.5. The summed E-state index contributed by atoms with van der Waals surface area (Å²) in [6.45, 7) is 7.06. The Morgan fingerprint density at radius 1 is 1.16 bits per heavy atom. The van der Waals surface area contributed by atoms with E-state index in [4.69, 9.17) is 0 Å². The van der Waals surface area contributed by atoms with E-state index in [0.29, 0.717) is 11.7 Å². The molecule has 1 saturated heterocycles. The lowest BCUT2D eigenvalue weighted by Gasteiger charge is -2.35. The standard InChI is InChI=1S/C16H27NO2/c1-11(2)12(3)16(19)17-10-6-8-14(17)13-7-4-5-9-15(13)18/h11-14H,4-10H2,1-3H3. The highest BCUT2D eigenvalue weighted by Crippen LogP contribution is 2.33. The van der Waals surface area contributed by atoms with Gasteiger partial charge in [-0.3, -0.25) is 9.59 Å². The molecule has 2 fully saturated rings. The number of Topliss-reactive ketones (excluding diaryl/α,β-unsaturated/α-hetero) is 1. The summed E-state index contributed by atoms with van der Waals surface area (Å²) in [6.07, 6.45) is 5.98. The first-order chi connectivity index (χ1) is 9.02. The third-order valence-electron chi connectivity index (χ3n) is 5.04. The molecule has 108 valence electrons. The minimum Gasteiger partial charge on any atom is -0.339 e. The molecule has 2 rings (SSSR count).